The number of aromatic nitrogens is 2. The van der Waals surface area contributed by atoms with E-state index in [0.29, 0.717) is 12.4 Å². The minimum absolute atomic E-state index is 0.0568. The van der Waals surface area contributed by atoms with Crippen LogP contribution in [0.2, 0.25) is 0 Å². The van der Waals surface area contributed by atoms with Crippen molar-refractivity contribution < 1.29 is 0 Å². The maximum absolute atomic E-state index is 6.34. The van der Waals surface area contributed by atoms with Gasteiger partial charge in [0, 0.05) is 17.5 Å². The summed E-state index contributed by atoms with van der Waals surface area (Å²) in [5.41, 5.74) is 9.54. The first-order chi connectivity index (χ1) is 9.88. The Morgan fingerprint density at radius 3 is 2.33 bits per heavy atom. The molecule has 0 aliphatic rings. The first-order valence-corrected chi connectivity index (χ1v) is 7.45. The van der Waals surface area contributed by atoms with E-state index in [4.69, 9.17) is 10.7 Å². The minimum atomic E-state index is -0.0568. The third-order valence-corrected chi connectivity index (χ3v) is 3.62. The molecule has 0 radical (unpaired) electrons. The summed E-state index contributed by atoms with van der Waals surface area (Å²) in [4.78, 5) is 4.82. The Morgan fingerprint density at radius 1 is 1.24 bits per heavy atom. The Balaban J connectivity index is 2.55. The van der Waals surface area contributed by atoms with Crippen molar-refractivity contribution in [1.29, 1.82) is 0 Å². The van der Waals surface area contributed by atoms with E-state index in [-0.39, 0.29) is 5.41 Å². The Kier molecular flexibility index (Phi) is 4.21. The van der Waals surface area contributed by atoms with E-state index in [9.17, 15) is 0 Å². The van der Waals surface area contributed by atoms with Crippen molar-refractivity contribution in [2.45, 2.75) is 46.1 Å². The van der Waals surface area contributed by atoms with Crippen molar-refractivity contribution in [3.63, 3.8) is 0 Å². The van der Waals surface area contributed by atoms with Gasteiger partial charge >= 0.3 is 0 Å². The van der Waals surface area contributed by atoms with E-state index in [1.807, 2.05) is 6.08 Å². The summed E-state index contributed by atoms with van der Waals surface area (Å²) in [6.45, 7) is 13.1. The largest absolute Gasteiger partial charge is 0.383 e. The number of imidazole rings is 1. The molecular weight excluding hydrogens is 258 g/mol. The van der Waals surface area contributed by atoms with E-state index in [1.165, 1.54) is 5.56 Å². The molecule has 0 aliphatic carbocycles. The molecule has 2 aromatic rings. The number of anilines is 1. The molecular formula is C18H25N3. The van der Waals surface area contributed by atoms with Crippen LogP contribution in [0.3, 0.4) is 0 Å². The average Bonchev–Trinajstić information content (AvgIpc) is 2.77. The molecule has 0 atom stereocenters. The van der Waals surface area contributed by atoms with Gasteiger partial charge < -0.3 is 10.3 Å². The predicted molar refractivity (Wildman–Crippen MR) is 90.4 cm³/mol. The summed E-state index contributed by atoms with van der Waals surface area (Å²) in [6, 6.07) is 8.47. The molecule has 1 heterocycles. The monoisotopic (exact) mass is 283 g/mol. The maximum atomic E-state index is 6.34. The number of hydrogen-bond donors (Lipinski definition) is 1. The number of allylic oxidation sites excluding steroid dienone is 1. The quantitative estimate of drug-likeness (QED) is 0.855. The van der Waals surface area contributed by atoms with Crippen LogP contribution < -0.4 is 5.73 Å². The van der Waals surface area contributed by atoms with Gasteiger partial charge in [-0.2, -0.15) is 0 Å². The molecule has 0 saturated carbocycles. The molecule has 2 N–H and O–H groups in total. The highest BCUT2D eigenvalue weighted by Gasteiger charge is 2.24. The van der Waals surface area contributed by atoms with Gasteiger partial charge in [0.25, 0.3) is 0 Å². The zero-order chi connectivity index (χ0) is 15.6. The van der Waals surface area contributed by atoms with Gasteiger partial charge in [0.1, 0.15) is 17.3 Å². The van der Waals surface area contributed by atoms with Gasteiger partial charge in [0.15, 0.2) is 0 Å². The third-order valence-electron chi connectivity index (χ3n) is 3.62. The molecule has 3 heteroatoms. The molecule has 0 bridgehead atoms. The molecule has 0 amide bonds. The number of nitrogens with two attached hydrogens (primary N) is 1. The van der Waals surface area contributed by atoms with Crippen LogP contribution in [0, 0.1) is 0 Å². The van der Waals surface area contributed by atoms with Crippen LogP contribution in [-0.4, -0.2) is 9.55 Å². The molecule has 0 unspecified atom stereocenters. The zero-order valence-corrected chi connectivity index (χ0v) is 13.5. The van der Waals surface area contributed by atoms with Crippen molar-refractivity contribution in [2.24, 2.45) is 0 Å². The second kappa shape index (κ2) is 5.76. The highest BCUT2D eigenvalue weighted by Crippen LogP contribution is 2.32. The summed E-state index contributed by atoms with van der Waals surface area (Å²) < 4.78 is 2.05. The maximum Gasteiger partial charge on any atom is 0.132 e. The standard InChI is InChI=1S/C18H25N3/c1-6-12-21-16(19)15(20-17(21)18(3,4)5)14-10-8-13(7-2)9-11-14/h6,8-11H,1,7,12,19H2,2-5H3. The summed E-state index contributed by atoms with van der Waals surface area (Å²) in [7, 11) is 0. The Morgan fingerprint density at radius 2 is 1.86 bits per heavy atom. The van der Waals surface area contributed by atoms with Gasteiger partial charge in [0.2, 0.25) is 0 Å². The lowest BCUT2D eigenvalue weighted by atomic mass is 9.95. The topological polar surface area (TPSA) is 43.8 Å². The first kappa shape index (κ1) is 15.4. The first-order valence-electron chi connectivity index (χ1n) is 7.45. The fraction of sp³-hybridized carbons (Fsp3) is 0.389. The highest BCUT2D eigenvalue weighted by atomic mass is 15.1. The third kappa shape index (κ3) is 3.02. The molecule has 0 spiro atoms. The van der Waals surface area contributed by atoms with Gasteiger partial charge in [-0.3, -0.25) is 0 Å². The smallest absolute Gasteiger partial charge is 0.132 e. The minimum Gasteiger partial charge on any atom is -0.383 e. The number of nitrogen functional groups attached to an aromatic ring is 1. The van der Waals surface area contributed by atoms with E-state index >= 15 is 0 Å². The van der Waals surface area contributed by atoms with Gasteiger partial charge in [0.05, 0.1) is 0 Å². The molecule has 3 nitrogen and oxygen atoms in total. The van der Waals surface area contributed by atoms with E-state index in [1.54, 1.807) is 0 Å². The molecule has 2 rings (SSSR count). The van der Waals surface area contributed by atoms with Crippen molar-refractivity contribution >= 4 is 5.82 Å². The van der Waals surface area contributed by atoms with Gasteiger partial charge in [-0.15, -0.1) is 6.58 Å². The lowest BCUT2D eigenvalue weighted by molar-refractivity contribution is 0.515. The number of nitrogens with zero attached hydrogens (tertiary/aromatic N) is 2. The Hall–Kier alpha value is -2.03. The predicted octanol–water partition coefficient (Wildman–Crippen LogP) is 4.18. The SMILES string of the molecule is C=CCn1c(C(C)(C)C)nc(-c2ccc(CC)cc2)c1N. The van der Waals surface area contributed by atoms with Crippen LogP contribution in [-0.2, 0) is 18.4 Å². The average molecular weight is 283 g/mol. The Bertz CT molecular complexity index is 628. The lowest BCUT2D eigenvalue weighted by Crippen LogP contribution is -2.19. The van der Waals surface area contributed by atoms with E-state index in [0.717, 1.165) is 23.5 Å². The number of hydrogen-bond acceptors (Lipinski definition) is 2. The van der Waals surface area contributed by atoms with E-state index in [2.05, 4.69) is 63.1 Å². The van der Waals surface area contributed by atoms with Crippen molar-refractivity contribution in [2.75, 3.05) is 5.73 Å². The van der Waals surface area contributed by atoms with Crippen molar-refractivity contribution in [3.8, 4) is 11.3 Å². The summed E-state index contributed by atoms with van der Waals surface area (Å²) in [5.74, 6) is 1.71. The molecule has 0 fully saturated rings. The van der Waals surface area contributed by atoms with Gasteiger partial charge in [-0.05, 0) is 12.0 Å². The van der Waals surface area contributed by atoms with E-state index < -0.39 is 0 Å². The number of benzene rings is 1. The molecule has 1 aromatic carbocycles. The van der Waals surface area contributed by atoms with Crippen molar-refractivity contribution in [1.82, 2.24) is 9.55 Å². The van der Waals surface area contributed by atoms with Crippen LogP contribution >= 0.6 is 0 Å². The van der Waals surface area contributed by atoms with Crippen LogP contribution in [0.1, 0.15) is 39.1 Å². The zero-order valence-electron chi connectivity index (χ0n) is 13.5. The number of rotatable bonds is 4. The summed E-state index contributed by atoms with van der Waals surface area (Å²) in [5, 5.41) is 0. The fourth-order valence-corrected chi connectivity index (χ4v) is 2.46. The Labute approximate surface area is 127 Å². The van der Waals surface area contributed by atoms with Crippen LogP contribution in [0.5, 0.6) is 0 Å². The van der Waals surface area contributed by atoms with Gasteiger partial charge in [-0.25, -0.2) is 4.98 Å². The molecule has 1 aromatic heterocycles. The summed E-state index contributed by atoms with van der Waals surface area (Å²) in [6.07, 6.45) is 2.89. The van der Waals surface area contributed by atoms with Crippen LogP contribution in [0.25, 0.3) is 11.3 Å². The van der Waals surface area contributed by atoms with Gasteiger partial charge in [-0.1, -0.05) is 58.0 Å². The number of aryl methyl sites for hydroxylation is 1. The summed E-state index contributed by atoms with van der Waals surface area (Å²) >= 11 is 0. The molecule has 112 valence electrons. The molecule has 0 saturated heterocycles. The van der Waals surface area contributed by atoms with Crippen LogP contribution in [0.4, 0.5) is 5.82 Å². The van der Waals surface area contributed by atoms with Crippen LogP contribution in [0.15, 0.2) is 36.9 Å². The molecule has 0 aliphatic heterocycles. The normalized spacial score (nSPS) is 11.6. The second-order valence-electron chi connectivity index (χ2n) is 6.37. The van der Waals surface area contributed by atoms with Crippen molar-refractivity contribution in [3.05, 3.63) is 48.3 Å². The second-order valence-corrected chi connectivity index (χ2v) is 6.37. The molecule has 21 heavy (non-hydrogen) atoms. The fourth-order valence-electron chi connectivity index (χ4n) is 2.46. The highest BCUT2D eigenvalue weighted by molar-refractivity contribution is 5.71. The lowest BCUT2D eigenvalue weighted by Gasteiger charge is -2.19.